The van der Waals surface area contributed by atoms with Crippen molar-refractivity contribution in [2.75, 3.05) is 0 Å². The standard InChI is InChI=1S/C27H27Br2NO4/c28-20-11-18(26(33)23(29)15-20)12-21(31)13-19(10-16-6-2-1-3-7-16)27(34)30-25-22-9-5-4-8-17(22)14-24(25)32/h1-9,11,15,19,21,24-25,31-33H,10,12-14H2,(H,30,34)/t19?,21?,24-,25+/m1/s1. The Labute approximate surface area is 216 Å². The Morgan fingerprint density at radius 2 is 1.74 bits per heavy atom. The lowest BCUT2D eigenvalue weighted by atomic mass is 9.90. The van der Waals surface area contributed by atoms with Crippen molar-refractivity contribution in [1.82, 2.24) is 5.32 Å². The molecule has 1 aliphatic carbocycles. The number of fused-ring (bicyclic) bond motifs is 1. The van der Waals surface area contributed by atoms with Crippen LogP contribution in [0.25, 0.3) is 0 Å². The lowest BCUT2D eigenvalue weighted by Crippen LogP contribution is -2.39. The topological polar surface area (TPSA) is 89.8 Å². The molecule has 0 radical (unpaired) electrons. The lowest BCUT2D eigenvalue weighted by molar-refractivity contribution is -0.127. The first-order valence-electron chi connectivity index (χ1n) is 11.3. The number of rotatable bonds is 8. The van der Waals surface area contributed by atoms with E-state index in [1.807, 2.05) is 54.6 Å². The Kier molecular flexibility index (Phi) is 8.09. The zero-order valence-corrected chi connectivity index (χ0v) is 21.7. The number of aromatic hydroxyl groups is 1. The number of aliphatic hydroxyl groups excluding tert-OH is 2. The van der Waals surface area contributed by atoms with Crippen molar-refractivity contribution in [3.8, 4) is 5.75 Å². The Hall–Kier alpha value is -2.19. The summed E-state index contributed by atoms with van der Waals surface area (Å²) in [5.41, 5.74) is 3.56. The van der Waals surface area contributed by atoms with Crippen LogP contribution in [0.15, 0.2) is 75.7 Å². The number of carbonyl (C=O) groups is 1. The fraction of sp³-hybridized carbons (Fsp3) is 0.296. The lowest BCUT2D eigenvalue weighted by Gasteiger charge is -2.24. The zero-order chi connectivity index (χ0) is 24.2. The smallest absolute Gasteiger partial charge is 0.224 e. The Bertz CT molecular complexity index is 1150. The molecular formula is C27H27Br2NO4. The van der Waals surface area contributed by atoms with Crippen molar-refractivity contribution in [3.05, 3.63) is 97.9 Å². The van der Waals surface area contributed by atoms with E-state index >= 15 is 0 Å². The van der Waals surface area contributed by atoms with Crippen LogP contribution in [0, 0.1) is 5.92 Å². The van der Waals surface area contributed by atoms with E-state index in [1.165, 1.54) is 0 Å². The van der Waals surface area contributed by atoms with Crippen LogP contribution in [0.5, 0.6) is 5.75 Å². The Morgan fingerprint density at radius 3 is 2.50 bits per heavy atom. The Balaban J connectivity index is 1.52. The third-order valence-corrected chi connectivity index (χ3v) is 7.38. The van der Waals surface area contributed by atoms with Crippen LogP contribution >= 0.6 is 31.9 Å². The molecule has 1 aliphatic rings. The van der Waals surface area contributed by atoms with Gasteiger partial charge >= 0.3 is 0 Å². The molecule has 4 N–H and O–H groups in total. The van der Waals surface area contributed by atoms with E-state index in [0.717, 1.165) is 21.2 Å². The molecular weight excluding hydrogens is 562 g/mol. The summed E-state index contributed by atoms with van der Waals surface area (Å²) >= 11 is 6.74. The third kappa shape index (κ3) is 5.89. The van der Waals surface area contributed by atoms with Gasteiger partial charge in [-0.3, -0.25) is 4.79 Å². The Morgan fingerprint density at radius 1 is 1.03 bits per heavy atom. The van der Waals surface area contributed by atoms with E-state index in [-0.39, 0.29) is 24.5 Å². The zero-order valence-electron chi connectivity index (χ0n) is 18.5. The molecule has 0 aliphatic heterocycles. The van der Waals surface area contributed by atoms with Gasteiger partial charge < -0.3 is 20.6 Å². The van der Waals surface area contributed by atoms with Gasteiger partial charge in [-0.1, -0.05) is 70.5 Å². The van der Waals surface area contributed by atoms with Crippen molar-refractivity contribution >= 4 is 37.8 Å². The van der Waals surface area contributed by atoms with E-state index in [2.05, 4.69) is 37.2 Å². The molecule has 1 amide bonds. The van der Waals surface area contributed by atoms with Gasteiger partial charge in [0.15, 0.2) is 0 Å². The van der Waals surface area contributed by atoms with Crippen molar-refractivity contribution in [2.45, 2.75) is 43.9 Å². The molecule has 0 heterocycles. The van der Waals surface area contributed by atoms with Gasteiger partial charge in [0.25, 0.3) is 0 Å². The number of halogens is 2. The highest BCUT2D eigenvalue weighted by molar-refractivity contribution is 9.11. The van der Waals surface area contributed by atoms with Crippen LogP contribution in [0.4, 0.5) is 0 Å². The fourth-order valence-electron chi connectivity index (χ4n) is 4.64. The maximum atomic E-state index is 13.4. The molecule has 0 aromatic heterocycles. The summed E-state index contributed by atoms with van der Waals surface area (Å²) in [7, 11) is 0. The second kappa shape index (κ2) is 11.0. The molecule has 4 rings (SSSR count). The predicted molar refractivity (Wildman–Crippen MR) is 139 cm³/mol. The van der Waals surface area contributed by atoms with Gasteiger partial charge in [0.05, 0.1) is 22.7 Å². The second-order valence-electron chi connectivity index (χ2n) is 8.83. The molecule has 7 heteroatoms. The number of aliphatic hydroxyl groups is 2. The molecule has 2 unspecified atom stereocenters. The predicted octanol–water partition coefficient (Wildman–Crippen LogP) is 4.84. The molecule has 5 nitrogen and oxygen atoms in total. The first kappa shape index (κ1) is 24.9. The number of hydrogen-bond acceptors (Lipinski definition) is 4. The highest BCUT2D eigenvalue weighted by Crippen LogP contribution is 2.34. The minimum absolute atomic E-state index is 0.0806. The van der Waals surface area contributed by atoms with Crippen molar-refractivity contribution in [1.29, 1.82) is 0 Å². The average molecular weight is 589 g/mol. The molecule has 0 saturated carbocycles. The number of phenolic OH excluding ortho intramolecular Hbond substituents is 1. The van der Waals surface area contributed by atoms with E-state index < -0.39 is 24.2 Å². The minimum atomic E-state index is -0.840. The van der Waals surface area contributed by atoms with Crippen LogP contribution in [0.3, 0.4) is 0 Å². The number of nitrogens with one attached hydrogen (secondary N) is 1. The molecule has 3 aromatic rings. The summed E-state index contributed by atoms with van der Waals surface area (Å²) in [6.07, 6.45) is -0.134. The quantitative estimate of drug-likeness (QED) is 0.303. The maximum Gasteiger partial charge on any atom is 0.224 e. The monoisotopic (exact) mass is 587 g/mol. The van der Waals surface area contributed by atoms with Gasteiger partial charge in [0, 0.05) is 23.2 Å². The molecule has 0 saturated heterocycles. The van der Waals surface area contributed by atoms with E-state index in [1.54, 1.807) is 12.1 Å². The van der Waals surface area contributed by atoms with Gasteiger partial charge in [0.1, 0.15) is 5.75 Å². The van der Waals surface area contributed by atoms with Crippen molar-refractivity contribution in [3.63, 3.8) is 0 Å². The van der Waals surface area contributed by atoms with Crippen LogP contribution in [0.2, 0.25) is 0 Å². The number of phenols is 1. The SMILES string of the molecule is O=C(N[C@H]1c2ccccc2C[C@H]1O)C(Cc1ccccc1)CC(O)Cc1cc(Br)cc(Br)c1O. The van der Waals surface area contributed by atoms with Crippen LogP contribution in [-0.4, -0.2) is 33.4 Å². The molecule has 34 heavy (non-hydrogen) atoms. The number of benzene rings is 3. The first-order chi connectivity index (χ1) is 16.3. The van der Waals surface area contributed by atoms with E-state index in [4.69, 9.17) is 0 Å². The van der Waals surface area contributed by atoms with Gasteiger partial charge in [-0.05, 0) is 63.2 Å². The van der Waals surface area contributed by atoms with Crippen molar-refractivity contribution in [2.24, 2.45) is 5.92 Å². The van der Waals surface area contributed by atoms with Crippen LogP contribution in [-0.2, 0) is 24.1 Å². The summed E-state index contributed by atoms with van der Waals surface area (Å²) in [4.78, 5) is 13.4. The summed E-state index contributed by atoms with van der Waals surface area (Å²) in [5.74, 6) is -0.629. The summed E-state index contributed by atoms with van der Waals surface area (Å²) in [5, 5.41) is 34.9. The molecule has 3 aromatic carbocycles. The third-order valence-electron chi connectivity index (χ3n) is 6.32. The normalized spacial score (nSPS) is 18.8. The van der Waals surface area contributed by atoms with E-state index in [9.17, 15) is 20.1 Å². The van der Waals surface area contributed by atoms with Gasteiger partial charge in [-0.25, -0.2) is 0 Å². The largest absolute Gasteiger partial charge is 0.506 e. The maximum absolute atomic E-state index is 13.4. The molecule has 4 atom stereocenters. The minimum Gasteiger partial charge on any atom is -0.506 e. The van der Waals surface area contributed by atoms with Gasteiger partial charge in [-0.15, -0.1) is 0 Å². The first-order valence-corrected chi connectivity index (χ1v) is 12.9. The number of amides is 1. The van der Waals surface area contributed by atoms with E-state index in [0.29, 0.717) is 22.9 Å². The summed E-state index contributed by atoms with van der Waals surface area (Å²) < 4.78 is 1.32. The van der Waals surface area contributed by atoms with Crippen molar-refractivity contribution < 1.29 is 20.1 Å². The molecule has 0 spiro atoms. The fourth-order valence-corrected chi connectivity index (χ4v) is 5.95. The van der Waals surface area contributed by atoms with Gasteiger partial charge in [-0.2, -0.15) is 0 Å². The molecule has 0 fully saturated rings. The molecule has 0 bridgehead atoms. The summed E-state index contributed by atoms with van der Waals surface area (Å²) in [6.45, 7) is 0. The number of carbonyl (C=O) groups excluding carboxylic acids is 1. The van der Waals surface area contributed by atoms with Crippen LogP contribution in [0.1, 0.15) is 34.7 Å². The average Bonchev–Trinajstić information content (AvgIpc) is 3.12. The highest BCUT2D eigenvalue weighted by Gasteiger charge is 2.34. The van der Waals surface area contributed by atoms with Gasteiger partial charge in [0.2, 0.25) is 5.91 Å². The number of hydrogen-bond donors (Lipinski definition) is 4. The molecule has 178 valence electrons. The highest BCUT2D eigenvalue weighted by atomic mass is 79.9. The summed E-state index contributed by atoms with van der Waals surface area (Å²) in [6, 6.07) is 20.5. The van der Waals surface area contributed by atoms with Crippen LogP contribution < -0.4 is 5.32 Å². The second-order valence-corrected chi connectivity index (χ2v) is 10.6.